The minimum atomic E-state index is -4.65. The van der Waals surface area contributed by atoms with Crippen LogP contribution in [0.5, 0.6) is 0 Å². The Morgan fingerprint density at radius 1 is 1.37 bits per heavy atom. The molecule has 9 heteroatoms. The third-order valence-electron chi connectivity index (χ3n) is 4.49. The summed E-state index contributed by atoms with van der Waals surface area (Å²) in [5, 5.41) is 3.69. The molecule has 1 aliphatic rings. The molecule has 0 spiro atoms. The second kappa shape index (κ2) is 7.51. The molecule has 0 saturated carbocycles. The lowest BCUT2D eigenvalue weighted by atomic mass is 9.86. The monoisotopic (exact) mass is 381 g/mol. The van der Waals surface area contributed by atoms with Crippen molar-refractivity contribution in [3.05, 3.63) is 48.9 Å². The fraction of sp³-hybridized carbons (Fsp3) is 0.389. The van der Waals surface area contributed by atoms with Crippen LogP contribution in [0.3, 0.4) is 0 Å². The maximum absolute atomic E-state index is 13.9. The second-order valence-corrected chi connectivity index (χ2v) is 6.24. The van der Waals surface area contributed by atoms with Gasteiger partial charge in [-0.25, -0.2) is 0 Å². The molecule has 0 radical (unpaired) electrons. The number of benzene rings is 1. The molecule has 0 N–H and O–H groups in total. The lowest BCUT2D eigenvalue weighted by Gasteiger charge is -2.27. The molecule has 1 saturated heterocycles. The number of alkyl halides is 3. The SMILES string of the molecule is C=CCOCC(=O)N1CCC(c2nc(-c3ccccc3)no2)(C(F)(F)F)C1. The fourth-order valence-electron chi connectivity index (χ4n) is 2.99. The molecule has 144 valence electrons. The Labute approximate surface area is 153 Å². The van der Waals surface area contributed by atoms with Crippen molar-refractivity contribution in [3.63, 3.8) is 0 Å². The first-order valence-electron chi connectivity index (χ1n) is 8.30. The predicted molar refractivity (Wildman–Crippen MR) is 89.7 cm³/mol. The number of likely N-dealkylation sites (tertiary alicyclic amines) is 1. The van der Waals surface area contributed by atoms with Crippen LogP contribution in [0.1, 0.15) is 12.3 Å². The molecule has 1 aromatic carbocycles. The summed E-state index contributed by atoms with van der Waals surface area (Å²) in [4.78, 5) is 17.2. The van der Waals surface area contributed by atoms with Gasteiger partial charge < -0.3 is 14.2 Å². The van der Waals surface area contributed by atoms with E-state index in [1.807, 2.05) is 0 Å². The lowest BCUT2D eigenvalue weighted by molar-refractivity contribution is -0.194. The van der Waals surface area contributed by atoms with E-state index in [0.29, 0.717) is 5.56 Å². The van der Waals surface area contributed by atoms with Gasteiger partial charge in [-0.3, -0.25) is 4.79 Å². The number of nitrogens with zero attached hydrogens (tertiary/aromatic N) is 3. The number of hydrogen-bond acceptors (Lipinski definition) is 5. The summed E-state index contributed by atoms with van der Waals surface area (Å²) in [5.74, 6) is -0.977. The van der Waals surface area contributed by atoms with Crippen molar-refractivity contribution < 1.29 is 27.2 Å². The van der Waals surface area contributed by atoms with Gasteiger partial charge in [-0.05, 0) is 6.42 Å². The van der Waals surface area contributed by atoms with E-state index in [9.17, 15) is 18.0 Å². The third-order valence-corrected chi connectivity index (χ3v) is 4.49. The lowest BCUT2D eigenvalue weighted by Crippen LogP contribution is -2.46. The third kappa shape index (κ3) is 3.73. The minimum Gasteiger partial charge on any atom is -0.368 e. The Bertz CT molecular complexity index is 807. The van der Waals surface area contributed by atoms with Crippen LogP contribution in [0.15, 0.2) is 47.5 Å². The second-order valence-electron chi connectivity index (χ2n) is 6.24. The summed E-state index contributed by atoms with van der Waals surface area (Å²) in [6, 6.07) is 8.58. The largest absolute Gasteiger partial charge is 0.405 e. The molecule has 2 heterocycles. The Morgan fingerprint density at radius 3 is 2.78 bits per heavy atom. The molecular weight excluding hydrogens is 363 g/mol. The molecule has 1 unspecified atom stereocenters. The summed E-state index contributed by atoms with van der Waals surface area (Å²) < 4.78 is 51.9. The van der Waals surface area contributed by atoms with Gasteiger partial charge in [0.05, 0.1) is 6.61 Å². The van der Waals surface area contributed by atoms with Crippen molar-refractivity contribution in [2.75, 3.05) is 26.3 Å². The van der Waals surface area contributed by atoms with Crippen LogP contribution >= 0.6 is 0 Å². The first kappa shape index (κ1) is 19.1. The van der Waals surface area contributed by atoms with Crippen LogP contribution in [-0.4, -0.2) is 53.4 Å². The van der Waals surface area contributed by atoms with Gasteiger partial charge >= 0.3 is 6.18 Å². The number of halogens is 3. The Morgan fingerprint density at radius 2 is 2.11 bits per heavy atom. The zero-order valence-electron chi connectivity index (χ0n) is 14.4. The molecule has 0 bridgehead atoms. The predicted octanol–water partition coefficient (Wildman–Crippen LogP) is 2.97. The number of hydrogen-bond donors (Lipinski definition) is 0. The number of aromatic nitrogens is 2. The van der Waals surface area contributed by atoms with Gasteiger partial charge in [-0.1, -0.05) is 41.6 Å². The molecule has 1 amide bonds. The maximum Gasteiger partial charge on any atom is 0.405 e. The number of carbonyl (C=O) groups is 1. The average molecular weight is 381 g/mol. The van der Waals surface area contributed by atoms with E-state index in [0.717, 1.165) is 4.90 Å². The zero-order valence-corrected chi connectivity index (χ0v) is 14.4. The summed E-state index contributed by atoms with van der Waals surface area (Å²) >= 11 is 0. The van der Waals surface area contributed by atoms with Crippen LogP contribution in [0.2, 0.25) is 0 Å². The standard InChI is InChI=1S/C18H18F3N3O3/c1-2-10-26-11-14(25)24-9-8-17(12-24,18(19,20)21)16-22-15(23-27-16)13-6-4-3-5-7-13/h2-7H,1,8-12H2. The van der Waals surface area contributed by atoms with Crippen LogP contribution in [0.25, 0.3) is 11.4 Å². The Hall–Kier alpha value is -2.68. The highest BCUT2D eigenvalue weighted by molar-refractivity contribution is 5.78. The Balaban J connectivity index is 1.84. The van der Waals surface area contributed by atoms with Gasteiger partial charge in [-0.2, -0.15) is 18.2 Å². The first-order chi connectivity index (χ1) is 12.9. The topological polar surface area (TPSA) is 68.5 Å². The molecular formula is C18H18F3N3O3. The highest BCUT2D eigenvalue weighted by Crippen LogP contribution is 2.47. The van der Waals surface area contributed by atoms with Crippen molar-refractivity contribution in [1.29, 1.82) is 0 Å². The van der Waals surface area contributed by atoms with Crippen LogP contribution < -0.4 is 0 Å². The Kier molecular flexibility index (Phi) is 5.31. The molecule has 3 rings (SSSR count). The normalized spacial score (nSPS) is 20.0. The van der Waals surface area contributed by atoms with Crippen molar-refractivity contribution in [1.82, 2.24) is 15.0 Å². The number of rotatable bonds is 6. The highest BCUT2D eigenvalue weighted by Gasteiger charge is 2.63. The van der Waals surface area contributed by atoms with Crippen molar-refractivity contribution in [2.24, 2.45) is 0 Å². The van der Waals surface area contributed by atoms with E-state index in [2.05, 4.69) is 16.7 Å². The highest BCUT2D eigenvalue weighted by atomic mass is 19.4. The maximum atomic E-state index is 13.9. The van der Waals surface area contributed by atoms with Crippen LogP contribution in [0.4, 0.5) is 13.2 Å². The van der Waals surface area contributed by atoms with Crippen molar-refractivity contribution >= 4 is 5.91 Å². The molecule has 1 aliphatic heterocycles. The van der Waals surface area contributed by atoms with E-state index < -0.39 is 29.9 Å². The molecule has 27 heavy (non-hydrogen) atoms. The van der Waals surface area contributed by atoms with Gasteiger partial charge in [0.1, 0.15) is 6.61 Å². The molecule has 2 aromatic rings. The quantitative estimate of drug-likeness (QED) is 0.568. The van der Waals surface area contributed by atoms with Gasteiger partial charge in [-0.15, -0.1) is 6.58 Å². The smallest absolute Gasteiger partial charge is 0.368 e. The van der Waals surface area contributed by atoms with E-state index in [-0.39, 0.29) is 32.0 Å². The fourth-order valence-corrected chi connectivity index (χ4v) is 2.99. The number of ether oxygens (including phenoxy) is 1. The number of amides is 1. The van der Waals surface area contributed by atoms with Crippen LogP contribution in [-0.2, 0) is 14.9 Å². The van der Waals surface area contributed by atoms with E-state index in [1.54, 1.807) is 30.3 Å². The molecule has 1 aromatic heterocycles. The van der Waals surface area contributed by atoms with E-state index in [4.69, 9.17) is 9.26 Å². The van der Waals surface area contributed by atoms with Crippen LogP contribution in [0, 0.1) is 0 Å². The molecule has 0 aliphatic carbocycles. The average Bonchev–Trinajstić information content (AvgIpc) is 3.30. The van der Waals surface area contributed by atoms with Gasteiger partial charge in [0.15, 0.2) is 5.41 Å². The summed E-state index contributed by atoms with van der Waals surface area (Å²) in [6.45, 7) is 2.64. The molecule has 6 nitrogen and oxygen atoms in total. The van der Waals surface area contributed by atoms with Gasteiger partial charge in [0.25, 0.3) is 0 Å². The molecule has 1 atom stereocenters. The first-order valence-corrected chi connectivity index (χ1v) is 8.30. The van der Waals surface area contributed by atoms with E-state index >= 15 is 0 Å². The van der Waals surface area contributed by atoms with Gasteiger partial charge in [0.2, 0.25) is 17.6 Å². The van der Waals surface area contributed by atoms with Crippen molar-refractivity contribution in [3.8, 4) is 11.4 Å². The van der Waals surface area contributed by atoms with Gasteiger partial charge in [0, 0.05) is 18.7 Å². The summed E-state index contributed by atoms with van der Waals surface area (Å²) in [5.41, 5.74) is -1.84. The zero-order chi connectivity index (χ0) is 19.5. The summed E-state index contributed by atoms with van der Waals surface area (Å²) in [7, 11) is 0. The van der Waals surface area contributed by atoms with E-state index in [1.165, 1.54) is 6.08 Å². The molecule has 1 fully saturated rings. The summed E-state index contributed by atoms with van der Waals surface area (Å²) in [6.07, 6.45) is -3.54. The van der Waals surface area contributed by atoms with Crippen molar-refractivity contribution in [2.45, 2.75) is 18.0 Å². The minimum absolute atomic E-state index is 0.0706. The number of carbonyl (C=O) groups excluding carboxylic acids is 1.